The predicted molar refractivity (Wildman–Crippen MR) is 130 cm³/mol. The number of carbonyl (C=O) groups is 3. The van der Waals surface area contributed by atoms with E-state index in [1.54, 1.807) is 6.08 Å². The van der Waals surface area contributed by atoms with Crippen molar-refractivity contribution in [2.24, 2.45) is 10.5 Å². The zero-order valence-corrected chi connectivity index (χ0v) is 20.1. The van der Waals surface area contributed by atoms with Crippen molar-refractivity contribution < 1.29 is 19.5 Å². The van der Waals surface area contributed by atoms with E-state index in [2.05, 4.69) is 15.8 Å². The number of likely N-dealkylation sites (tertiary alicyclic amines) is 1. The molecule has 2 unspecified atom stereocenters. The molecular formula is C26H31N5O4. The number of hydrogen-bond acceptors (Lipinski definition) is 6. The Morgan fingerprint density at radius 2 is 2.09 bits per heavy atom. The smallest absolute Gasteiger partial charge is 0.254 e. The number of aliphatic hydroxyl groups excluding tert-OH is 1. The van der Waals surface area contributed by atoms with Gasteiger partial charge in [-0.15, -0.1) is 0 Å². The van der Waals surface area contributed by atoms with E-state index in [9.17, 15) is 19.5 Å². The second-order valence-electron chi connectivity index (χ2n) is 9.80. The van der Waals surface area contributed by atoms with Crippen LogP contribution in [-0.2, 0) is 20.9 Å². The maximum absolute atomic E-state index is 13.9. The van der Waals surface area contributed by atoms with Crippen molar-refractivity contribution >= 4 is 23.4 Å². The van der Waals surface area contributed by atoms with Crippen molar-refractivity contribution in [1.82, 2.24) is 20.5 Å². The van der Waals surface area contributed by atoms with E-state index < -0.39 is 11.5 Å². The molecule has 0 radical (unpaired) electrons. The van der Waals surface area contributed by atoms with Crippen LogP contribution in [0.4, 0.5) is 0 Å². The van der Waals surface area contributed by atoms with Gasteiger partial charge in [-0.05, 0) is 44.2 Å². The van der Waals surface area contributed by atoms with Crippen LogP contribution in [0.25, 0.3) is 0 Å². The topological polar surface area (TPSA) is 114 Å². The molecule has 1 aliphatic carbocycles. The fraction of sp³-hybridized carbons (Fsp3) is 0.462. The Labute approximate surface area is 204 Å². The molecule has 1 saturated heterocycles. The summed E-state index contributed by atoms with van der Waals surface area (Å²) in [4.78, 5) is 42.6. The summed E-state index contributed by atoms with van der Waals surface area (Å²) >= 11 is 0. The molecule has 1 aromatic rings. The van der Waals surface area contributed by atoms with Gasteiger partial charge in [0.2, 0.25) is 11.8 Å². The highest BCUT2D eigenvalue weighted by Crippen LogP contribution is 2.44. The summed E-state index contributed by atoms with van der Waals surface area (Å²) in [6.45, 7) is 5.65. The van der Waals surface area contributed by atoms with Crippen LogP contribution in [0.1, 0.15) is 56.7 Å². The normalized spacial score (nSPS) is 25.5. The van der Waals surface area contributed by atoms with E-state index in [-0.39, 0.29) is 35.5 Å². The maximum Gasteiger partial charge on any atom is 0.254 e. The van der Waals surface area contributed by atoms with Gasteiger partial charge in [0.15, 0.2) is 0 Å². The van der Waals surface area contributed by atoms with E-state index in [1.807, 2.05) is 43.0 Å². The molecule has 9 heteroatoms. The minimum absolute atomic E-state index is 0.116. The number of nitrogens with zero attached hydrogens (tertiary/aromatic N) is 3. The molecule has 184 valence electrons. The molecule has 3 aliphatic heterocycles. The molecule has 5 rings (SSSR count). The lowest BCUT2D eigenvalue weighted by molar-refractivity contribution is -0.138. The van der Waals surface area contributed by atoms with E-state index in [4.69, 9.17) is 0 Å². The average molecular weight is 478 g/mol. The third-order valence-electron chi connectivity index (χ3n) is 7.55. The van der Waals surface area contributed by atoms with Crippen molar-refractivity contribution in [1.29, 1.82) is 0 Å². The van der Waals surface area contributed by atoms with Gasteiger partial charge in [-0.25, -0.2) is 0 Å². The summed E-state index contributed by atoms with van der Waals surface area (Å²) < 4.78 is 0. The van der Waals surface area contributed by atoms with Crippen molar-refractivity contribution in [2.45, 2.75) is 52.1 Å². The average Bonchev–Trinajstić information content (AvgIpc) is 3.38. The van der Waals surface area contributed by atoms with Crippen molar-refractivity contribution in [3.05, 3.63) is 58.5 Å². The number of carbonyl (C=O) groups excluding carboxylic acids is 3. The Morgan fingerprint density at radius 3 is 2.86 bits per heavy atom. The monoisotopic (exact) mass is 477 g/mol. The summed E-state index contributed by atoms with van der Waals surface area (Å²) in [5.41, 5.74) is 5.79. The molecule has 9 nitrogen and oxygen atoms in total. The molecule has 3 amide bonds. The van der Waals surface area contributed by atoms with Crippen LogP contribution < -0.4 is 10.7 Å². The zero-order valence-electron chi connectivity index (χ0n) is 20.1. The SMILES string of the molecule is CCNC(=O)C1c2ccccc2CN1C(=O)C1=C(O)C=C2NN=C(CN3CCCCC3=O)C2(C)C1. The summed E-state index contributed by atoms with van der Waals surface area (Å²) in [7, 11) is 0. The summed E-state index contributed by atoms with van der Waals surface area (Å²) in [6.07, 6.45) is 4.19. The first-order valence-electron chi connectivity index (χ1n) is 12.2. The molecule has 1 fully saturated rings. The van der Waals surface area contributed by atoms with Gasteiger partial charge in [0.05, 0.1) is 23.2 Å². The fourth-order valence-corrected chi connectivity index (χ4v) is 5.50. The minimum atomic E-state index is -0.752. The second kappa shape index (κ2) is 8.87. The highest BCUT2D eigenvalue weighted by atomic mass is 16.3. The van der Waals surface area contributed by atoms with E-state index in [0.29, 0.717) is 38.3 Å². The summed E-state index contributed by atoms with van der Waals surface area (Å²) in [6, 6.07) is 6.80. The molecule has 1 aromatic carbocycles. The minimum Gasteiger partial charge on any atom is -0.507 e. The van der Waals surface area contributed by atoms with Gasteiger partial charge in [-0.3, -0.25) is 19.8 Å². The number of aliphatic hydroxyl groups is 1. The number of amides is 3. The third kappa shape index (κ3) is 3.88. The third-order valence-corrected chi connectivity index (χ3v) is 7.55. The molecule has 35 heavy (non-hydrogen) atoms. The van der Waals surface area contributed by atoms with Crippen molar-refractivity contribution in [3.63, 3.8) is 0 Å². The van der Waals surface area contributed by atoms with Gasteiger partial charge in [0.25, 0.3) is 5.91 Å². The Balaban J connectivity index is 1.42. The number of piperidine rings is 1. The molecule has 0 saturated carbocycles. The van der Waals surface area contributed by atoms with Crippen LogP contribution >= 0.6 is 0 Å². The predicted octanol–water partition coefficient (Wildman–Crippen LogP) is 2.28. The quantitative estimate of drug-likeness (QED) is 0.602. The fourth-order valence-electron chi connectivity index (χ4n) is 5.50. The summed E-state index contributed by atoms with van der Waals surface area (Å²) in [5, 5.41) is 18.2. The number of benzene rings is 1. The first-order chi connectivity index (χ1) is 16.8. The van der Waals surface area contributed by atoms with E-state index in [0.717, 1.165) is 29.7 Å². The number of rotatable bonds is 5. The molecule has 0 bridgehead atoms. The van der Waals surface area contributed by atoms with Gasteiger partial charge in [0, 0.05) is 37.8 Å². The molecule has 3 heterocycles. The Bertz CT molecular complexity index is 1190. The van der Waals surface area contributed by atoms with Gasteiger partial charge < -0.3 is 20.2 Å². The maximum atomic E-state index is 13.9. The Kier molecular flexibility index (Phi) is 5.86. The summed E-state index contributed by atoms with van der Waals surface area (Å²) in [5.74, 6) is -0.611. The number of allylic oxidation sites excluding steroid dienone is 2. The molecule has 2 atom stereocenters. The van der Waals surface area contributed by atoms with Crippen molar-refractivity contribution in [2.75, 3.05) is 19.6 Å². The first-order valence-corrected chi connectivity index (χ1v) is 12.2. The standard InChI is InChI=1S/C26H31N5O4/c1-3-27-24(34)23-17-9-5-4-8-16(17)14-31(23)25(35)18-13-26(2)20(12-19(18)32)28-29-21(26)15-30-11-7-6-10-22(30)33/h4-5,8-9,12,23,28,32H,3,6-7,10-11,13-15H2,1-2H3,(H,27,34). The van der Waals surface area contributed by atoms with Gasteiger partial charge >= 0.3 is 0 Å². The molecule has 0 aromatic heterocycles. The highest BCUT2D eigenvalue weighted by molar-refractivity contribution is 6.03. The molecule has 4 aliphatic rings. The van der Waals surface area contributed by atoms with Crippen LogP contribution in [-0.4, -0.2) is 58.0 Å². The largest absolute Gasteiger partial charge is 0.507 e. The molecule has 0 spiro atoms. The first kappa shape index (κ1) is 23.1. The number of hydrogen-bond donors (Lipinski definition) is 3. The van der Waals surface area contributed by atoms with Gasteiger partial charge in [-0.1, -0.05) is 24.3 Å². The van der Waals surface area contributed by atoms with Crippen LogP contribution in [0, 0.1) is 5.41 Å². The van der Waals surface area contributed by atoms with Crippen LogP contribution in [0.15, 0.2) is 52.5 Å². The van der Waals surface area contributed by atoms with Crippen LogP contribution in [0.2, 0.25) is 0 Å². The zero-order chi connectivity index (χ0) is 24.7. The highest BCUT2D eigenvalue weighted by Gasteiger charge is 2.47. The lowest BCUT2D eigenvalue weighted by Gasteiger charge is -2.35. The number of hydrazone groups is 1. The Hall–Kier alpha value is -3.62. The van der Waals surface area contributed by atoms with Crippen LogP contribution in [0.5, 0.6) is 0 Å². The number of likely N-dealkylation sites (N-methyl/N-ethyl adjacent to an activating group) is 1. The van der Waals surface area contributed by atoms with Gasteiger partial charge in [0.1, 0.15) is 11.8 Å². The molecular weight excluding hydrogens is 446 g/mol. The van der Waals surface area contributed by atoms with E-state index in [1.165, 1.54) is 4.90 Å². The lowest BCUT2D eigenvalue weighted by atomic mass is 9.73. The number of fused-ring (bicyclic) bond motifs is 2. The number of nitrogens with one attached hydrogen (secondary N) is 2. The van der Waals surface area contributed by atoms with E-state index >= 15 is 0 Å². The van der Waals surface area contributed by atoms with Crippen LogP contribution in [0.3, 0.4) is 0 Å². The lowest BCUT2D eigenvalue weighted by Crippen LogP contribution is -2.45. The van der Waals surface area contributed by atoms with Crippen molar-refractivity contribution in [3.8, 4) is 0 Å². The molecule has 3 N–H and O–H groups in total. The Morgan fingerprint density at radius 1 is 1.29 bits per heavy atom. The van der Waals surface area contributed by atoms with Gasteiger partial charge in [-0.2, -0.15) is 5.10 Å². The second-order valence-corrected chi connectivity index (χ2v) is 9.80.